The maximum absolute atomic E-state index is 13.0. The molecule has 2 fully saturated rings. The van der Waals surface area contributed by atoms with Gasteiger partial charge in [-0.3, -0.25) is 14.5 Å². The molecule has 0 unspecified atom stereocenters. The van der Waals surface area contributed by atoms with Crippen molar-refractivity contribution in [2.45, 2.75) is 11.4 Å². The number of hydrogen-bond acceptors (Lipinski definition) is 14. The van der Waals surface area contributed by atoms with Crippen molar-refractivity contribution in [1.29, 1.82) is 5.26 Å². The molecule has 2 atom stereocenters. The summed E-state index contributed by atoms with van der Waals surface area (Å²) < 4.78 is 28.8. The van der Waals surface area contributed by atoms with Gasteiger partial charge in [0.15, 0.2) is 5.13 Å². The van der Waals surface area contributed by atoms with Gasteiger partial charge in [-0.15, -0.1) is 11.8 Å². The first-order chi connectivity index (χ1) is 19.3. The van der Waals surface area contributed by atoms with Crippen LogP contribution < -0.4 is 21.3 Å². The summed E-state index contributed by atoms with van der Waals surface area (Å²) >= 11 is 2.06. The number of nitrogens with zero attached hydrogens (tertiary/aromatic N) is 7. The Morgan fingerprint density at radius 1 is 1.39 bits per heavy atom. The highest BCUT2D eigenvalue weighted by atomic mass is 32.2. The predicted octanol–water partition coefficient (Wildman–Crippen LogP) is -3.71. The van der Waals surface area contributed by atoms with Crippen LogP contribution in [-0.2, 0) is 29.4 Å². The van der Waals surface area contributed by atoms with Gasteiger partial charge in [-0.05, 0) is 11.6 Å². The van der Waals surface area contributed by atoms with E-state index in [4.69, 9.17) is 21.0 Å². The number of nitrogens with two attached hydrogens (primary N) is 2. The Morgan fingerprint density at radius 3 is 2.68 bits per heavy atom. The molecule has 0 radical (unpaired) electrons. The van der Waals surface area contributed by atoms with Gasteiger partial charge in [0.25, 0.3) is 22.0 Å². The smallest absolute Gasteiger partial charge is 0.278 e. The van der Waals surface area contributed by atoms with Crippen molar-refractivity contribution in [2.75, 3.05) is 57.9 Å². The number of nitrogens with one attached hydrogen (secondary N) is 1. The fourth-order valence-corrected chi connectivity index (χ4v) is 6.85. The number of piperazine rings is 1. The molecule has 0 spiro atoms. The van der Waals surface area contributed by atoms with Gasteiger partial charge in [0.2, 0.25) is 18.1 Å². The number of anilines is 1. The molecule has 1 aromatic rings. The largest absolute Gasteiger partial charge is 0.543 e. The molecule has 0 aromatic carbocycles. The van der Waals surface area contributed by atoms with Crippen LogP contribution in [0.3, 0.4) is 0 Å². The SMILES string of the molecule is C[N+]1(C/C=C/C2=C(C(=O)[O-])N3C(=O)[C@@H](NC(=O)/C(=N\OCC#N)c4nsc(N)n4)[C@H]3SC2)CCN(S(N)(=O)=O)CC1. The third kappa shape index (κ3) is 6.66. The van der Waals surface area contributed by atoms with Crippen LogP contribution in [0.2, 0.25) is 0 Å². The number of fused-ring (bicyclic) bond motifs is 1. The number of nitriles is 1. The molecular weight excluding hydrogens is 600 g/mol. The van der Waals surface area contributed by atoms with E-state index in [1.54, 1.807) is 18.2 Å². The molecular formula is C21H26N10O7S3. The lowest BCUT2D eigenvalue weighted by Crippen LogP contribution is -2.71. The molecule has 1 aromatic heterocycles. The monoisotopic (exact) mass is 626 g/mol. The number of hydrogen-bond donors (Lipinski definition) is 3. The third-order valence-corrected chi connectivity index (χ3v) is 9.56. The minimum atomic E-state index is -3.75. The van der Waals surface area contributed by atoms with Gasteiger partial charge in [0, 0.05) is 17.3 Å². The lowest BCUT2D eigenvalue weighted by Gasteiger charge is -2.50. The number of nitrogen functional groups attached to an aromatic ring is 1. The number of carboxylic acids is 1. The molecule has 5 N–H and O–H groups in total. The van der Waals surface area contributed by atoms with E-state index >= 15 is 0 Å². The predicted molar refractivity (Wildman–Crippen MR) is 144 cm³/mol. The number of amides is 2. The topological polar surface area (TPSA) is 250 Å². The Kier molecular flexibility index (Phi) is 8.95. The van der Waals surface area contributed by atoms with Crippen molar-refractivity contribution in [3.8, 4) is 6.07 Å². The number of quaternary nitrogens is 1. The van der Waals surface area contributed by atoms with E-state index in [0.29, 0.717) is 29.7 Å². The van der Waals surface area contributed by atoms with Crippen LogP contribution in [0, 0.1) is 11.3 Å². The van der Waals surface area contributed by atoms with Crippen LogP contribution >= 0.6 is 23.3 Å². The molecule has 4 heterocycles. The number of carboxylic acid groups (broad SMARTS) is 1. The summed E-state index contributed by atoms with van der Waals surface area (Å²) in [6.07, 6.45) is 3.41. The normalized spacial score (nSPS) is 23.1. The lowest BCUT2D eigenvalue weighted by molar-refractivity contribution is -0.907. The van der Waals surface area contributed by atoms with Gasteiger partial charge in [-0.1, -0.05) is 11.2 Å². The van der Waals surface area contributed by atoms with Crippen molar-refractivity contribution in [3.63, 3.8) is 0 Å². The molecule has 0 aliphatic carbocycles. The van der Waals surface area contributed by atoms with Gasteiger partial charge in [0.1, 0.15) is 17.5 Å². The van der Waals surface area contributed by atoms with E-state index in [-0.39, 0.29) is 35.5 Å². The maximum atomic E-state index is 13.0. The van der Waals surface area contributed by atoms with Crippen LogP contribution in [-0.4, -0.2) is 119 Å². The minimum Gasteiger partial charge on any atom is -0.543 e. The van der Waals surface area contributed by atoms with Gasteiger partial charge in [-0.2, -0.15) is 27.3 Å². The van der Waals surface area contributed by atoms with Crippen LogP contribution in [0.15, 0.2) is 28.6 Å². The van der Waals surface area contributed by atoms with Crippen molar-refractivity contribution in [1.82, 2.24) is 23.9 Å². The second-order valence-electron chi connectivity index (χ2n) is 9.45. The molecule has 220 valence electrons. The number of aromatic nitrogens is 2. The summed E-state index contributed by atoms with van der Waals surface area (Å²) in [5.41, 5.74) is 5.26. The van der Waals surface area contributed by atoms with Crippen molar-refractivity contribution in [3.05, 3.63) is 29.2 Å². The number of likely N-dealkylation sites (N-methyl/N-ethyl adjacent to an activating group) is 1. The number of thioether (sulfide) groups is 1. The highest BCUT2D eigenvalue weighted by molar-refractivity contribution is 8.00. The quantitative estimate of drug-likeness (QED) is 0.0746. The zero-order valence-electron chi connectivity index (χ0n) is 21.6. The number of β-lactam (4-membered cyclic amide) rings is 1. The van der Waals surface area contributed by atoms with E-state index in [2.05, 4.69) is 19.8 Å². The van der Waals surface area contributed by atoms with Crippen molar-refractivity contribution in [2.24, 2.45) is 10.3 Å². The van der Waals surface area contributed by atoms with E-state index in [1.165, 1.54) is 16.1 Å². The summed E-state index contributed by atoms with van der Waals surface area (Å²) in [6, 6.07) is 0.619. The molecule has 3 aliphatic rings. The third-order valence-electron chi connectivity index (χ3n) is 6.63. The van der Waals surface area contributed by atoms with E-state index in [9.17, 15) is 27.9 Å². The van der Waals surface area contributed by atoms with Gasteiger partial charge in [0.05, 0.1) is 51.4 Å². The number of rotatable bonds is 10. The first-order valence-corrected chi connectivity index (χ1v) is 15.3. The Balaban J connectivity index is 1.44. The summed E-state index contributed by atoms with van der Waals surface area (Å²) in [4.78, 5) is 47.8. The highest BCUT2D eigenvalue weighted by Gasteiger charge is 2.53. The Morgan fingerprint density at radius 2 is 2.10 bits per heavy atom. The number of oxime groups is 1. The van der Waals surface area contributed by atoms with Crippen LogP contribution in [0.4, 0.5) is 5.13 Å². The van der Waals surface area contributed by atoms with Gasteiger partial charge < -0.3 is 30.3 Å². The number of allylic oxidation sites excluding steroid dienone is 1. The maximum Gasteiger partial charge on any atom is 0.278 e. The zero-order chi connectivity index (χ0) is 29.9. The molecule has 17 nitrogen and oxygen atoms in total. The van der Waals surface area contributed by atoms with Crippen LogP contribution in [0.5, 0.6) is 0 Å². The first-order valence-electron chi connectivity index (χ1n) is 12.0. The van der Waals surface area contributed by atoms with Crippen molar-refractivity contribution < 1.29 is 37.2 Å². The standard InChI is InChI=1S/C21H26N10O7S3/c1-31(8-5-29(6-9-31)41(24,36)37)7-2-3-12-11-39-19-14(18(33)30(19)15(12)20(34)35)25-17(32)13(27-38-10-4-22)16-26-21(23)40-28-16/h2-3,14,19H,5-11H2,1H3,(H5-,23,24,25,26,28,32,34,35,36,37)/b3-2+,27-13-/t14-,19-/m1/s1. The number of carbonyl (C=O) groups excluding carboxylic acids is 3. The molecule has 2 saturated heterocycles. The molecule has 0 bridgehead atoms. The molecule has 0 saturated carbocycles. The first kappa shape index (κ1) is 30.4. The van der Waals surface area contributed by atoms with E-state index in [0.717, 1.165) is 16.4 Å². The zero-order valence-corrected chi connectivity index (χ0v) is 24.1. The van der Waals surface area contributed by atoms with Gasteiger partial charge >= 0.3 is 0 Å². The number of carbonyl (C=O) groups is 3. The Hall–Kier alpha value is -3.61. The fraction of sp³-hybridized carbons (Fsp3) is 0.476. The second kappa shape index (κ2) is 12.1. The van der Waals surface area contributed by atoms with Crippen LogP contribution in [0.1, 0.15) is 5.82 Å². The lowest BCUT2D eigenvalue weighted by atomic mass is 10.0. The van der Waals surface area contributed by atoms with Crippen LogP contribution in [0.25, 0.3) is 0 Å². The Labute approximate surface area is 243 Å². The summed E-state index contributed by atoms with van der Waals surface area (Å²) in [6.45, 7) is 1.62. The molecule has 2 amide bonds. The molecule has 41 heavy (non-hydrogen) atoms. The number of aliphatic carboxylic acids is 1. The Bertz CT molecular complexity index is 1470. The average molecular weight is 627 g/mol. The summed E-state index contributed by atoms with van der Waals surface area (Å²) in [5.74, 6) is -3.01. The van der Waals surface area contributed by atoms with E-state index < -0.39 is 51.7 Å². The van der Waals surface area contributed by atoms with Gasteiger partial charge in [-0.25, -0.2) is 5.14 Å². The van der Waals surface area contributed by atoms with E-state index in [1.807, 2.05) is 7.05 Å². The molecule has 20 heteroatoms. The minimum absolute atomic E-state index is 0.0561. The van der Waals surface area contributed by atoms with Crippen molar-refractivity contribution >= 4 is 62.1 Å². The average Bonchev–Trinajstić information content (AvgIpc) is 3.34. The fourth-order valence-electron chi connectivity index (χ4n) is 4.43. The molecule has 3 aliphatic heterocycles. The summed E-state index contributed by atoms with van der Waals surface area (Å²) in [7, 11) is -1.80. The highest BCUT2D eigenvalue weighted by Crippen LogP contribution is 2.40. The summed E-state index contributed by atoms with van der Waals surface area (Å²) in [5, 5.41) is 31.4. The molecule has 4 rings (SSSR count). The second-order valence-corrected chi connectivity index (χ2v) is 12.9.